The lowest BCUT2D eigenvalue weighted by Crippen LogP contribution is -2.42. The monoisotopic (exact) mass is 395 g/mol. The number of hydrogen-bond donors (Lipinski definition) is 1. The van der Waals surface area contributed by atoms with E-state index in [2.05, 4.69) is 51.0 Å². The van der Waals surface area contributed by atoms with Gasteiger partial charge in [0.25, 0.3) is 0 Å². The number of aromatic nitrogens is 1. The van der Waals surface area contributed by atoms with Gasteiger partial charge < -0.3 is 4.90 Å². The van der Waals surface area contributed by atoms with Crippen molar-refractivity contribution in [2.24, 2.45) is 5.41 Å². The highest BCUT2D eigenvalue weighted by atomic mass is 32.1. The number of carbonyl (C=O) groups excluding carboxylic acids is 1. The lowest BCUT2D eigenvalue weighted by molar-refractivity contribution is 0.106. The standard InChI is InChI=1S/C21H25N5OS/c1-16-18(13-22)19(28-24-16)23-20(27)26-12-9-21(15-26)7-10-25(11-8-21)14-17-5-3-2-4-6-17/h2-6H,7-12,14-15H2,1H3,(H,23,27). The van der Waals surface area contributed by atoms with Crippen LogP contribution in [0.5, 0.6) is 0 Å². The molecule has 2 aromatic rings. The first-order valence-electron chi connectivity index (χ1n) is 9.77. The molecular weight excluding hydrogens is 370 g/mol. The van der Waals surface area contributed by atoms with Crippen LogP contribution >= 0.6 is 11.5 Å². The minimum absolute atomic E-state index is 0.108. The van der Waals surface area contributed by atoms with Gasteiger partial charge in [0.1, 0.15) is 16.6 Å². The van der Waals surface area contributed by atoms with Gasteiger partial charge in [0.2, 0.25) is 0 Å². The number of likely N-dealkylation sites (tertiary alicyclic amines) is 2. The highest BCUT2D eigenvalue weighted by molar-refractivity contribution is 7.10. The fourth-order valence-electron chi connectivity index (χ4n) is 4.31. The Hall–Kier alpha value is -2.43. The predicted octanol–water partition coefficient (Wildman–Crippen LogP) is 3.84. The van der Waals surface area contributed by atoms with E-state index in [4.69, 9.17) is 0 Å². The Labute approximate surface area is 169 Å². The smallest absolute Gasteiger partial charge is 0.322 e. The van der Waals surface area contributed by atoms with Gasteiger partial charge in [-0.1, -0.05) is 30.3 Å². The zero-order valence-electron chi connectivity index (χ0n) is 16.1. The van der Waals surface area contributed by atoms with Crippen LogP contribution in [0.25, 0.3) is 0 Å². The first kappa shape index (κ1) is 18.9. The number of nitriles is 1. The van der Waals surface area contributed by atoms with Gasteiger partial charge in [0.05, 0.1) is 5.69 Å². The Morgan fingerprint density at radius 1 is 1.25 bits per heavy atom. The molecule has 146 valence electrons. The lowest BCUT2D eigenvalue weighted by atomic mass is 9.77. The first-order chi connectivity index (χ1) is 13.6. The van der Waals surface area contributed by atoms with Crippen LogP contribution in [-0.4, -0.2) is 46.4 Å². The van der Waals surface area contributed by atoms with Crippen molar-refractivity contribution in [3.8, 4) is 6.07 Å². The number of amides is 2. The molecule has 0 saturated carbocycles. The maximum Gasteiger partial charge on any atom is 0.322 e. The number of nitrogens with zero attached hydrogens (tertiary/aromatic N) is 4. The highest BCUT2D eigenvalue weighted by Gasteiger charge is 2.42. The van der Waals surface area contributed by atoms with Crippen molar-refractivity contribution in [1.82, 2.24) is 14.2 Å². The van der Waals surface area contributed by atoms with Crippen LogP contribution in [0, 0.1) is 23.7 Å². The van der Waals surface area contributed by atoms with Crippen LogP contribution in [0.1, 0.15) is 36.1 Å². The van der Waals surface area contributed by atoms with Gasteiger partial charge >= 0.3 is 6.03 Å². The topological polar surface area (TPSA) is 72.3 Å². The van der Waals surface area contributed by atoms with Crippen LogP contribution in [0.4, 0.5) is 9.80 Å². The summed E-state index contributed by atoms with van der Waals surface area (Å²) in [6, 6.07) is 12.6. The maximum absolute atomic E-state index is 12.7. The maximum atomic E-state index is 12.7. The van der Waals surface area contributed by atoms with Crippen molar-refractivity contribution >= 4 is 22.6 Å². The summed E-state index contributed by atoms with van der Waals surface area (Å²) in [5.41, 5.74) is 2.75. The van der Waals surface area contributed by atoms with Gasteiger partial charge in [-0.2, -0.15) is 9.64 Å². The second-order valence-corrected chi connectivity index (χ2v) is 8.72. The van der Waals surface area contributed by atoms with Crippen molar-refractivity contribution in [2.75, 3.05) is 31.5 Å². The minimum Gasteiger partial charge on any atom is -0.324 e. The quantitative estimate of drug-likeness (QED) is 0.857. The van der Waals surface area contributed by atoms with E-state index in [0.717, 1.165) is 52.0 Å². The third-order valence-corrected chi connectivity index (χ3v) is 6.94. The number of urea groups is 1. The summed E-state index contributed by atoms with van der Waals surface area (Å²) in [6.07, 6.45) is 3.33. The molecule has 0 radical (unpaired) electrons. The summed E-state index contributed by atoms with van der Waals surface area (Å²) in [6.45, 7) is 6.54. The zero-order chi connectivity index (χ0) is 19.6. The van der Waals surface area contributed by atoms with E-state index in [1.807, 2.05) is 4.90 Å². The summed E-state index contributed by atoms with van der Waals surface area (Å²) in [5, 5.41) is 12.7. The van der Waals surface area contributed by atoms with Gasteiger partial charge in [-0.3, -0.25) is 10.2 Å². The van der Waals surface area contributed by atoms with E-state index >= 15 is 0 Å². The summed E-state index contributed by atoms with van der Waals surface area (Å²) in [7, 11) is 0. The van der Waals surface area contributed by atoms with Crippen LogP contribution in [0.15, 0.2) is 30.3 Å². The molecule has 6 nitrogen and oxygen atoms in total. The van der Waals surface area contributed by atoms with Gasteiger partial charge in [-0.05, 0) is 61.8 Å². The summed E-state index contributed by atoms with van der Waals surface area (Å²) in [5.74, 6) is 0. The van der Waals surface area contributed by atoms with Crippen LogP contribution in [-0.2, 0) is 6.54 Å². The molecular formula is C21H25N5OS. The molecule has 4 rings (SSSR count). The molecule has 0 atom stereocenters. The molecule has 7 heteroatoms. The van der Waals surface area contributed by atoms with Gasteiger partial charge in [0, 0.05) is 19.6 Å². The van der Waals surface area contributed by atoms with E-state index in [-0.39, 0.29) is 11.4 Å². The highest BCUT2D eigenvalue weighted by Crippen LogP contribution is 2.41. The molecule has 2 amide bonds. The summed E-state index contributed by atoms with van der Waals surface area (Å²) in [4.78, 5) is 17.1. The average molecular weight is 396 g/mol. The van der Waals surface area contributed by atoms with Crippen LogP contribution in [0.2, 0.25) is 0 Å². The molecule has 2 saturated heterocycles. The molecule has 2 aliphatic rings. The molecule has 28 heavy (non-hydrogen) atoms. The molecule has 0 bridgehead atoms. The van der Waals surface area contributed by atoms with E-state index in [0.29, 0.717) is 16.3 Å². The third kappa shape index (κ3) is 3.89. The molecule has 1 spiro atoms. The molecule has 1 aromatic carbocycles. The number of anilines is 1. The van der Waals surface area contributed by atoms with Crippen molar-refractivity contribution in [2.45, 2.75) is 32.7 Å². The summed E-state index contributed by atoms with van der Waals surface area (Å²) < 4.78 is 4.17. The Morgan fingerprint density at radius 3 is 2.68 bits per heavy atom. The Bertz CT molecular complexity index is 880. The molecule has 2 aliphatic heterocycles. The Kier molecular flexibility index (Phi) is 5.33. The number of aryl methyl sites for hydroxylation is 1. The normalized spacial score (nSPS) is 18.9. The van der Waals surface area contributed by atoms with Crippen molar-refractivity contribution < 1.29 is 4.79 Å². The van der Waals surface area contributed by atoms with Crippen molar-refractivity contribution in [3.63, 3.8) is 0 Å². The molecule has 3 heterocycles. The third-order valence-electron chi connectivity index (χ3n) is 6.09. The molecule has 0 unspecified atom stereocenters. The zero-order valence-corrected chi connectivity index (χ0v) is 17.0. The minimum atomic E-state index is -0.108. The molecule has 2 fully saturated rings. The number of rotatable bonds is 3. The SMILES string of the molecule is Cc1nsc(NC(=O)N2CCC3(CCN(Cc4ccccc4)CC3)C2)c1C#N. The Morgan fingerprint density at radius 2 is 1.96 bits per heavy atom. The molecule has 0 aliphatic carbocycles. The number of nitrogens with one attached hydrogen (secondary N) is 1. The Balaban J connectivity index is 1.31. The largest absolute Gasteiger partial charge is 0.324 e. The number of benzene rings is 1. The van der Waals surface area contributed by atoms with Crippen molar-refractivity contribution in [1.29, 1.82) is 5.26 Å². The van der Waals surface area contributed by atoms with Gasteiger partial charge in [0.15, 0.2) is 0 Å². The number of piperidine rings is 1. The second kappa shape index (κ2) is 7.90. The fourth-order valence-corrected chi connectivity index (χ4v) is 5.04. The van der Waals surface area contributed by atoms with Crippen LogP contribution < -0.4 is 5.32 Å². The lowest BCUT2D eigenvalue weighted by Gasteiger charge is -2.39. The van der Waals surface area contributed by atoms with E-state index in [9.17, 15) is 10.1 Å². The fraction of sp³-hybridized carbons (Fsp3) is 0.476. The van der Waals surface area contributed by atoms with E-state index in [1.54, 1.807) is 6.92 Å². The van der Waals surface area contributed by atoms with Crippen LogP contribution in [0.3, 0.4) is 0 Å². The average Bonchev–Trinajstić information content (AvgIpc) is 3.28. The second-order valence-electron chi connectivity index (χ2n) is 7.95. The van der Waals surface area contributed by atoms with Crippen molar-refractivity contribution in [3.05, 3.63) is 47.2 Å². The van der Waals surface area contributed by atoms with Gasteiger partial charge in [-0.25, -0.2) is 4.79 Å². The first-order valence-corrected chi connectivity index (χ1v) is 10.5. The van der Waals surface area contributed by atoms with E-state index in [1.165, 1.54) is 17.1 Å². The molecule has 1 N–H and O–H groups in total. The predicted molar refractivity (Wildman–Crippen MR) is 110 cm³/mol. The van der Waals surface area contributed by atoms with Gasteiger partial charge in [-0.15, -0.1) is 0 Å². The number of hydrogen-bond acceptors (Lipinski definition) is 5. The summed E-state index contributed by atoms with van der Waals surface area (Å²) >= 11 is 1.18. The van der Waals surface area contributed by atoms with E-state index < -0.39 is 0 Å². The number of carbonyl (C=O) groups is 1. The molecule has 1 aromatic heterocycles.